The summed E-state index contributed by atoms with van der Waals surface area (Å²) in [6, 6.07) is 8.40. The number of nitrogens with zero attached hydrogens (tertiary/aromatic N) is 1. The van der Waals surface area contributed by atoms with Crippen LogP contribution in [0.2, 0.25) is 5.02 Å². The molecule has 0 bridgehead atoms. The Morgan fingerprint density at radius 1 is 1.07 bits per heavy atom. The van der Waals surface area contributed by atoms with Gasteiger partial charge in [-0.3, -0.25) is 14.4 Å². The summed E-state index contributed by atoms with van der Waals surface area (Å²) in [5, 5.41) is 5.15. The number of rotatable bonds is 7. The first-order valence-electron chi connectivity index (χ1n) is 8.82. The Kier molecular flexibility index (Phi) is 7.67. The lowest BCUT2D eigenvalue weighted by molar-refractivity contribution is -0.135. The number of hydrogen-bond donors (Lipinski definition) is 2. The topological polar surface area (TPSA) is 78.5 Å². The molecule has 6 nitrogen and oxygen atoms in total. The van der Waals surface area contributed by atoms with Crippen LogP contribution in [0.4, 0.5) is 14.5 Å². The van der Waals surface area contributed by atoms with Crippen LogP contribution in [0.15, 0.2) is 42.5 Å². The number of carbonyl (C=O) groups excluding carboxylic acids is 3. The lowest BCUT2D eigenvalue weighted by Gasteiger charge is -2.24. The summed E-state index contributed by atoms with van der Waals surface area (Å²) in [5.41, 5.74) is -0.255. The van der Waals surface area contributed by atoms with Crippen LogP contribution in [-0.2, 0) is 9.59 Å². The molecule has 0 aliphatic rings. The van der Waals surface area contributed by atoms with Crippen molar-refractivity contribution in [3.05, 3.63) is 64.7 Å². The van der Waals surface area contributed by atoms with Crippen LogP contribution in [0.5, 0.6) is 0 Å². The number of halogens is 3. The number of nitrogens with one attached hydrogen (secondary N) is 2. The predicted molar refractivity (Wildman–Crippen MR) is 106 cm³/mol. The molecule has 0 spiro atoms. The molecule has 0 saturated carbocycles. The summed E-state index contributed by atoms with van der Waals surface area (Å²) in [4.78, 5) is 38.1. The number of para-hydroxylation sites is 1. The van der Waals surface area contributed by atoms with E-state index in [9.17, 15) is 23.2 Å². The zero-order valence-electron chi connectivity index (χ0n) is 15.8. The van der Waals surface area contributed by atoms with E-state index in [1.54, 1.807) is 19.1 Å². The minimum absolute atomic E-state index is 0.160. The highest BCUT2D eigenvalue weighted by Gasteiger charge is 2.24. The summed E-state index contributed by atoms with van der Waals surface area (Å²) >= 11 is 5.78. The largest absolute Gasteiger partial charge is 0.341 e. The van der Waals surface area contributed by atoms with E-state index in [2.05, 4.69) is 10.6 Å². The van der Waals surface area contributed by atoms with E-state index < -0.39 is 47.6 Å². The SMILES string of the molecule is CCN(CC(=O)Nc1c(F)cccc1F)C(=O)C(C)NC(=O)c1ccc(Cl)cc1. The molecule has 3 amide bonds. The van der Waals surface area contributed by atoms with E-state index in [-0.39, 0.29) is 6.54 Å². The quantitative estimate of drug-likeness (QED) is 0.717. The van der Waals surface area contributed by atoms with Gasteiger partial charge in [0, 0.05) is 17.1 Å². The molecule has 0 aromatic heterocycles. The van der Waals surface area contributed by atoms with Crippen LogP contribution < -0.4 is 10.6 Å². The standard InChI is InChI=1S/C20H20ClF2N3O3/c1-3-26(11-17(27)25-18-15(22)5-4-6-16(18)23)20(29)12(2)24-19(28)13-7-9-14(21)10-8-13/h4-10,12H,3,11H2,1-2H3,(H,24,28)(H,25,27). The molecular formula is C20H20ClF2N3O3. The molecule has 0 radical (unpaired) electrons. The van der Waals surface area contributed by atoms with Gasteiger partial charge < -0.3 is 15.5 Å². The van der Waals surface area contributed by atoms with Gasteiger partial charge in [0.05, 0.1) is 6.54 Å². The minimum Gasteiger partial charge on any atom is -0.341 e. The Hall–Kier alpha value is -3.00. The molecule has 1 unspecified atom stereocenters. The van der Waals surface area contributed by atoms with Crippen molar-refractivity contribution in [3.8, 4) is 0 Å². The molecular weight excluding hydrogens is 404 g/mol. The van der Waals surface area contributed by atoms with Gasteiger partial charge in [-0.2, -0.15) is 0 Å². The van der Waals surface area contributed by atoms with E-state index in [1.807, 2.05) is 0 Å². The van der Waals surface area contributed by atoms with E-state index >= 15 is 0 Å². The Morgan fingerprint density at radius 2 is 1.66 bits per heavy atom. The van der Waals surface area contributed by atoms with Crippen LogP contribution >= 0.6 is 11.6 Å². The molecule has 0 fully saturated rings. The van der Waals surface area contributed by atoms with Crippen LogP contribution in [0, 0.1) is 11.6 Å². The third-order valence-electron chi connectivity index (χ3n) is 4.08. The summed E-state index contributed by atoms with van der Waals surface area (Å²) in [6.45, 7) is 2.85. The lowest BCUT2D eigenvalue weighted by Crippen LogP contribution is -2.49. The molecule has 0 aliphatic heterocycles. The Balaban J connectivity index is 1.98. The highest BCUT2D eigenvalue weighted by molar-refractivity contribution is 6.30. The normalized spacial score (nSPS) is 11.5. The molecule has 29 heavy (non-hydrogen) atoms. The van der Waals surface area contributed by atoms with Crippen molar-refractivity contribution in [2.45, 2.75) is 19.9 Å². The smallest absolute Gasteiger partial charge is 0.251 e. The maximum atomic E-state index is 13.7. The second kappa shape index (κ2) is 9.97. The molecule has 2 aromatic rings. The van der Waals surface area contributed by atoms with Crippen molar-refractivity contribution in [2.75, 3.05) is 18.4 Å². The first-order chi connectivity index (χ1) is 13.7. The maximum absolute atomic E-state index is 13.7. The fourth-order valence-electron chi connectivity index (χ4n) is 2.53. The fourth-order valence-corrected chi connectivity index (χ4v) is 2.66. The molecule has 0 aliphatic carbocycles. The van der Waals surface area contributed by atoms with Gasteiger partial charge in [-0.25, -0.2) is 8.78 Å². The van der Waals surface area contributed by atoms with Gasteiger partial charge in [0.15, 0.2) is 0 Å². The zero-order chi connectivity index (χ0) is 21.6. The highest BCUT2D eigenvalue weighted by atomic mass is 35.5. The number of hydrogen-bond acceptors (Lipinski definition) is 3. The summed E-state index contributed by atoms with van der Waals surface area (Å²) < 4.78 is 27.3. The molecule has 1 atom stereocenters. The molecule has 0 heterocycles. The maximum Gasteiger partial charge on any atom is 0.251 e. The lowest BCUT2D eigenvalue weighted by atomic mass is 10.2. The van der Waals surface area contributed by atoms with Crippen molar-refractivity contribution < 1.29 is 23.2 Å². The van der Waals surface area contributed by atoms with Gasteiger partial charge in [0.1, 0.15) is 23.4 Å². The van der Waals surface area contributed by atoms with Gasteiger partial charge in [-0.15, -0.1) is 0 Å². The van der Waals surface area contributed by atoms with Crippen molar-refractivity contribution >= 4 is 35.0 Å². The number of amides is 3. The Bertz CT molecular complexity index is 886. The van der Waals surface area contributed by atoms with Gasteiger partial charge >= 0.3 is 0 Å². The number of carbonyl (C=O) groups is 3. The number of anilines is 1. The average Bonchev–Trinajstić information content (AvgIpc) is 2.69. The van der Waals surface area contributed by atoms with Gasteiger partial charge in [0.25, 0.3) is 5.91 Å². The first kappa shape index (κ1) is 22.3. The Morgan fingerprint density at radius 3 is 2.21 bits per heavy atom. The highest BCUT2D eigenvalue weighted by Crippen LogP contribution is 2.18. The van der Waals surface area contributed by atoms with Crippen molar-refractivity contribution in [3.63, 3.8) is 0 Å². The molecule has 2 rings (SSSR count). The molecule has 2 aromatic carbocycles. The second-order valence-electron chi connectivity index (χ2n) is 6.20. The second-order valence-corrected chi connectivity index (χ2v) is 6.64. The van der Waals surface area contributed by atoms with Crippen molar-refractivity contribution in [1.82, 2.24) is 10.2 Å². The van der Waals surface area contributed by atoms with E-state index in [1.165, 1.54) is 30.0 Å². The third-order valence-corrected chi connectivity index (χ3v) is 4.33. The summed E-state index contributed by atoms with van der Waals surface area (Å²) in [7, 11) is 0. The molecule has 0 saturated heterocycles. The number of benzene rings is 2. The van der Waals surface area contributed by atoms with E-state index in [4.69, 9.17) is 11.6 Å². The fraction of sp³-hybridized carbons (Fsp3) is 0.250. The number of likely N-dealkylation sites (N-methyl/N-ethyl adjacent to an activating group) is 1. The predicted octanol–water partition coefficient (Wildman–Crippen LogP) is 3.22. The van der Waals surface area contributed by atoms with E-state index in [0.717, 1.165) is 12.1 Å². The molecule has 9 heteroatoms. The monoisotopic (exact) mass is 423 g/mol. The summed E-state index contributed by atoms with van der Waals surface area (Å²) in [5.74, 6) is -3.59. The average molecular weight is 424 g/mol. The van der Waals surface area contributed by atoms with Crippen LogP contribution in [-0.4, -0.2) is 41.8 Å². The van der Waals surface area contributed by atoms with Crippen molar-refractivity contribution in [1.29, 1.82) is 0 Å². The van der Waals surface area contributed by atoms with Gasteiger partial charge in [-0.1, -0.05) is 17.7 Å². The third kappa shape index (κ3) is 5.99. The molecule has 154 valence electrons. The van der Waals surface area contributed by atoms with Gasteiger partial charge in [-0.05, 0) is 50.2 Å². The zero-order valence-corrected chi connectivity index (χ0v) is 16.6. The summed E-state index contributed by atoms with van der Waals surface area (Å²) in [6.07, 6.45) is 0. The van der Waals surface area contributed by atoms with Crippen LogP contribution in [0.1, 0.15) is 24.2 Å². The van der Waals surface area contributed by atoms with E-state index in [0.29, 0.717) is 10.6 Å². The van der Waals surface area contributed by atoms with Crippen molar-refractivity contribution in [2.24, 2.45) is 0 Å². The van der Waals surface area contributed by atoms with Gasteiger partial charge in [0.2, 0.25) is 11.8 Å². The Labute approximate surface area is 171 Å². The van der Waals surface area contributed by atoms with Crippen LogP contribution in [0.3, 0.4) is 0 Å². The molecule has 2 N–H and O–H groups in total. The van der Waals surface area contributed by atoms with Crippen LogP contribution in [0.25, 0.3) is 0 Å². The first-order valence-corrected chi connectivity index (χ1v) is 9.19. The minimum atomic E-state index is -0.920.